The quantitative estimate of drug-likeness (QED) is 0.0342. The van der Waals surface area contributed by atoms with Crippen LogP contribution in [0.15, 0.2) is 63.8 Å². The van der Waals surface area contributed by atoms with Crippen molar-refractivity contribution in [2.75, 3.05) is 26.9 Å². The predicted octanol–water partition coefficient (Wildman–Crippen LogP) is -2.91. The predicted molar refractivity (Wildman–Crippen MR) is 222 cm³/mol. The van der Waals surface area contributed by atoms with Crippen molar-refractivity contribution in [3.8, 4) is 51.6 Å². The third kappa shape index (κ3) is 10.1. The van der Waals surface area contributed by atoms with Crippen LogP contribution in [0.3, 0.4) is 0 Å². The van der Waals surface area contributed by atoms with E-state index in [1.54, 1.807) is 0 Å². The number of phenolic OH excluding ortho intramolecular Hbond substituents is 5. The molecule has 7 rings (SSSR count). The van der Waals surface area contributed by atoms with E-state index in [1.807, 2.05) is 0 Å². The summed E-state index contributed by atoms with van der Waals surface area (Å²) >= 11 is 0. The lowest BCUT2D eigenvalue weighted by Gasteiger charge is -2.48. The van der Waals surface area contributed by atoms with Gasteiger partial charge < -0.3 is 114 Å². The lowest BCUT2D eigenvalue weighted by atomic mass is 9.96. The van der Waals surface area contributed by atoms with Crippen molar-refractivity contribution in [2.45, 2.75) is 92.1 Å². The van der Waals surface area contributed by atoms with E-state index >= 15 is 0 Å². The van der Waals surface area contributed by atoms with Gasteiger partial charge in [0.25, 0.3) is 0 Å². The molecular formula is C43H48O25. The molecule has 3 aliphatic rings. The number of fused-ring (bicyclic) bond motifs is 1. The standard InChI is InChI=1S/C43H48O25/c1-60-22-8-15(2-5-19(22)48)3-7-27(51)61-14-26-31(54)33(56)36(59)41(65-26)67-39-34(57)29(52)25(13-45)64-43(39)68-40-35(58)30(53)24(12-44)63-42(40)66-38-32(55)28-21(50)10-17(46)11-23(28)62-37(38)16-4-6-18(47)20(49)9-16/h2-11,24-26,29-31,33-36,39-50,52-54,56-59H,12-14H2,1H3/b7-3+/t24-,25+,26-,29+,30-,31-,33+,34+,35+,36+,39+,40-,41+,42+,43+/m1/s1. The van der Waals surface area contributed by atoms with Crippen LogP contribution in [-0.4, -0.2) is 197 Å². The number of carbonyl (C=O) groups excluding carboxylic acids is 1. The fraction of sp³-hybridized carbons (Fsp3) is 0.442. The van der Waals surface area contributed by atoms with Gasteiger partial charge in [-0.1, -0.05) is 6.07 Å². The molecule has 370 valence electrons. The summed E-state index contributed by atoms with van der Waals surface area (Å²) in [5, 5.41) is 148. The molecule has 0 aliphatic carbocycles. The number of aliphatic hydroxyl groups is 9. The monoisotopic (exact) mass is 964 g/mol. The maximum atomic E-state index is 14.2. The number of hydrogen-bond donors (Lipinski definition) is 14. The van der Waals surface area contributed by atoms with E-state index in [1.165, 1.54) is 37.5 Å². The number of aromatic hydroxyl groups is 5. The minimum Gasteiger partial charge on any atom is -0.508 e. The smallest absolute Gasteiger partial charge is 0.330 e. The number of esters is 1. The summed E-state index contributed by atoms with van der Waals surface area (Å²) in [6, 6.07) is 9.09. The molecular weight excluding hydrogens is 916 g/mol. The Labute approximate surface area is 382 Å². The van der Waals surface area contributed by atoms with Gasteiger partial charge in [0.15, 0.2) is 47.4 Å². The molecule has 15 atom stereocenters. The van der Waals surface area contributed by atoms with E-state index in [9.17, 15) is 81.1 Å². The average molecular weight is 965 g/mol. The van der Waals surface area contributed by atoms with Crippen LogP contribution >= 0.6 is 0 Å². The molecule has 1 aromatic heterocycles. The lowest BCUT2D eigenvalue weighted by molar-refractivity contribution is -0.389. The second-order valence-electron chi connectivity index (χ2n) is 15.8. The second-order valence-corrected chi connectivity index (χ2v) is 15.8. The molecule has 0 spiro atoms. The summed E-state index contributed by atoms with van der Waals surface area (Å²) in [5.74, 6) is -5.04. The highest BCUT2D eigenvalue weighted by molar-refractivity contribution is 5.88. The molecule has 0 unspecified atom stereocenters. The Hall–Kier alpha value is -5.88. The zero-order chi connectivity index (χ0) is 49.3. The lowest BCUT2D eigenvalue weighted by Crippen LogP contribution is -2.67. The summed E-state index contributed by atoms with van der Waals surface area (Å²) in [5.41, 5.74) is -1.31. The van der Waals surface area contributed by atoms with Gasteiger partial charge in [-0.3, -0.25) is 4.79 Å². The Morgan fingerprint density at radius 1 is 0.647 bits per heavy atom. The average Bonchev–Trinajstić information content (AvgIpc) is 3.31. The van der Waals surface area contributed by atoms with Crippen LogP contribution in [0, 0.1) is 0 Å². The Morgan fingerprint density at radius 2 is 1.25 bits per heavy atom. The summed E-state index contributed by atoms with van der Waals surface area (Å²) < 4.78 is 51.0. The van der Waals surface area contributed by atoms with Gasteiger partial charge in [-0.05, 0) is 42.0 Å². The van der Waals surface area contributed by atoms with E-state index in [-0.39, 0.29) is 17.1 Å². The number of ether oxygens (including phenoxy) is 8. The number of hydrogen-bond acceptors (Lipinski definition) is 25. The van der Waals surface area contributed by atoms with E-state index in [0.717, 1.165) is 30.3 Å². The highest BCUT2D eigenvalue weighted by atomic mass is 16.8. The SMILES string of the molecule is COc1cc(/C=C/C(=O)OC[C@H]2O[C@@H](O[C@@H]3[C@H](O[C@H]4[C@H](Oc5c(-c6ccc(O)c(O)c6)oc6cc(O)cc(O)c6c5=O)O[C@H](CO)[C@@H](O)[C@@H]4O)O[C@@H](CO)[C@H](O)[C@@H]3O)[C@@H](O)[C@@H](O)[C@@H]2O)ccc1O. The van der Waals surface area contributed by atoms with Crippen LogP contribution in [0.5, 0.6) is 40.2 Å². The van der Waals surface area contributed by atoms with Crippen molar-refractivity contribution in [1.82, 2.24) is 0 Å². The first kappa shape index (κ1) is 50.0. The number of phenols is 5. The maximum absolute atomic E-state index is 14.2. The van der Waals surface area contributed by atoms with Crippen molar-refractivity contribution < 1.29 is 119 Å². The van der Waals surface area contributed by atoms with Gasteiger partial charge >= 0.3 is 5.97 Å². The number of methoxy groups -OCH3 is 1. The van der Waals surface area contributed by atoms with E-state index in [0.29, 0.717) is 5.56 Å². The normalized spacial score (nSPS) is 32.0. The topological polar surface area (TPSA) is 404 Å². The Morgan fingerprint density at radius 3 is 1.90 bits per heavy atom. The first-order valence-electron chi connectivity index (χ1n) is 20.5. The Balaban J connectivity index is 1.18. The van der Waals surface area contributed by atoms with Crippen LogP contribution in [-0.2, 0) is 33.2 Å². The molecule has 68 heavy (non-hydrogen) atoms. The molecule has 14 N–H and O–H groups in total. The minimum absolute atomic E-state index is 0.117. The third-order valence-corrected chi connectivity index (χ3v) is 11.3. The summed E-state index contributed by atoms with van der Waals surface area (Å²) in [6.07, 6.45) is -27.7. The van der Waals surface area contributed by atoms with Crippen LogP contribution in [0.1, 0.15) is 5.56 Å². The molecule has 0 radical (unpaired) electrons. The zero-order valence-corrected chi connectivity index (χ0v) is 35.3. The second kappa shape index (κ2) is 20.8. The fourth-order valence-corrected chi connectivity index (χ4v) is 7.60. The Bertz CT molecular complexity index is 2510. The van der Waals surface area contributed by atoms with E-state index < -0.39 is 169 Å². The number of benzene rings is 3. The summed E-state index contributed by atoms with van der Waals surface area (Å²) in [6.45, 7) is -2.74. The van der Waals surface area contributed by atoms with Crippen LogP contribution in [0.4, 0.5) is 0 Å². The highest BCUT2D eigenvalue weighted by Gasteiger charge is 2.55. The molecule has 0 amide bonds. The maximum Gasteiger partial charge on any atom is 0.330 e. The molecule has 4 heterocycles. The largest absolute Gasteiger partial charge is 0.508 e. The molecule has 0 saturated carbocycles. The molecule has 25 heteroatoms. The molecule has 25 nitrogen and oxygen atoms in total. The highest BCUT2D eigenvalue weighted by Crippen LogP contribution is 2.41. The van der Waals surface area contributed by atoms with Gasteiger partial charge in [0.2, 0.25) is 17.5 Å². The van der Waals surface area contributed by atoms with Gasteiger partial charge in [-0.15, -0.1) is 0 Å². The van der Waals surface area contributed by atoms with Crippen LogP contribution < -0.4 is 14.9 Å². The number of aliphatic hydroxyl groups excluding tert-OH is 9. The van der Waals surface area contributed by atoms with Gasteiger partial charge in [-0.25, -0.2) is 4.79 Å². The van der Waals surface area contributed by atoms with Crippen molar-refractivity contribution in [1.29, 1.82) is 0 Å². The molecule has 3 saturated heterocycles. The minimum atomic E-state index is -2.18. The zero-order valence-electron chi connectivity index (χ0n) is 35.3. The van der Waals surface area contributed by atoms with E-state index in [4.69, 9.17) is 42.3 Å². The van der Waals surface area contributed by atoms with Crippen LogP contribution in [0.2, 0.25) is 0 Å². The van der Waals surface area contributed by atoms with Crippen LogP contribution in [0.25, 0.3) is 28.4 Å². The molecule has 3 fully saturated rings. The molecule has 0 bridgehead atoms. The summed E-state index contributed by atoms with van der Waals surface area (Å²) in [4.78, 5) is 26.8. The van der Waals surface area contributed by atoms with Gasteiger partial charge in [0, 0.05) is 23.8 Å². The molecule has 3 aliphatic heterocycles. The van der Waals surface area contributed by atoms with Gasteiger partial charge in [0.05, 0.1) is 20.3 Å². The third-order valence-electron chi connectivity index (χ3n) is 11.3. The first-order valence-corrected chi connectivity index (χ1v) is 20.5. The molecule has 4 aromatic rings. The first-order chi connectivity index (χ1) is 32.3. The number of rotatable bonds is 14. The number of carbonyl (C=O) groups is 1. The van der Waals surface area contributed by atoms with Crippen molar-refractivity contribution in [3.63, 3.8) is 0 Å². The van der Waals surface area contributed by atoms with Crippen molar-refractivity contribution in [3.05, 3.63) is 70.4 Å². The van der Waals surface area contributed by atoms with Crippen molar-refractivity contribution in [2.24, 2.45) is 0 Å². The Kier molecular flexibility index (Phi) is 15.3. The van der Waals surface area contributed by atoms with E-state index in [2.05, 4.69) is 0 Å². The molecule has 3 aromatic carbocycles. The fourth-order valence-electron chi connectivity index (χ4n) is 7.60. The van der Waals surface area contributed by atoms with Gasteiger partial charge in [0.1, 0.15) is 96.2 Å². The van der Waals surface area contributed by atoms with Crippen molar-refractivity contribution >= 4 is 23.0 Å². The summed E-state index contributed by atoms with van der Waals surface area (Å²) in [7, 11) is 1.32. The van der Waals surface area contributed by atoms with Gasteiger partial charge in [-0.2, -0.15) is 0 Å².